The SMILES string of the molecule is CN=C(NCc1ccccc1OC(F)(F)F)NCc1nnc(C)n1C. The lowest BCUT2D eigenvalue weighted by Gasteiger charge is -2.15. The van der Waals surface area contributed by atoms with Crippen molar-refractivity contribution in [2.75, 3.05) is 7.05 Å². The highest BCUT2D eigenvalue weighted by Crippen LogP contribution is 2.25. The molecule has 1 heterocycles. The van der Waals surface area contributed by atoms with Gasteiger partial charge in [0.05, 0.1) is 6.54 Å². The number of aliphatic imine (C=N–C) groups is 1. The number of aromatic nitrogens is 3. The first kappa shape index (κ1) is 18.6. The van der Waals surface area contributed by atoms with Crippen LogP contribution in [0.25, 0.3) is 0 Å². The number of hydrogen-bond donors (Lipinski definition) is 2. The van der Waals surface area contributed by atoms with Gasteiger partial charge in [-0.2, -0.15) is 0 Å². The average Bonchev–Trinajstić information content (AvgIpc) is 2.87. The van der Waals surface area contributed by atoms with E-state index in [1.807, 2.05) is 18.5 Å². The van der Waals surface area contributed by atoms with Crippen molar-refractivity contribution in [1.82, 2.24) is 25.4 Å². The second-order valence-corrected chi connectivity index (χ2v) is 5.16. The Labute approximate surface area is 142 Å². The van der Waals surface area contributed by atoms with Crippen LogP contribution in [0.2, 0.25) is 0 Å². The summed E-state index contributed by atoms with van der Waals surface area (Å²) in [5.41, 5.74) is 0.359. The van der Waals surface area contributed by atoms with Gasteiger partial charge in [0.1, 0.15) is 11.6 Å². The van der Waals surface area contributed by atoms with Crippen LogP contribution in [0.5, 0.6) is 5.75 Å². The minimum Gasteiger partial charge on any atom is -0.405 e. The van der Waals surface area contributed by atoms with Gasteiger partial charge in [0.15, 0.2) is 11.8 Å². The zero-order valence-corrected chi connectivity index (χ0v) is 14.1. The second kappa shape index (κ2) is 7.86. The Morgan fingerprint density at radius 3 is 2.48 bits per heavy atom. The third-order valence-corrected chi connectivity index (χ3v) is 3.46. The monoisotopic (exact) mass is 356 g/mol. The van der Waals surface area contributed by atoms with Gasteiger partial charge >= 0.3 is 6.36 Å². The van der Waals surface area contributed by atoms with Crippen molar-refractivity contribution in [3.8, 4) is 5.75 Å². The summed E-state index contributed by atoms with van der Waals surface area (Å²) in [6.07, 6.45) is -4.74. The first-order valence-electron chi connectivity index (χ1n) is 7.43. The highest BCUT2D eigenvalue weighted by atomic mass is 19.4. The van der Waals surface area contributed by atoms with E-state index in [0.717, 1.165) is 5.82 Å². The van der Waals surface area contributed by atoms with Crippen molar-refractivity contribution in [3.05, 3.63) is 41.5 Å². The zero-order valence-electron chi connectivity index (χ0n) is 14.1. The van der Waals surface area contributed by atoms with Gasteiger partial charge in [0, 0.05) is 26.2 Å². The van der Waals surface area contributed by atoms with Crippen LogP contribution in [-0.2, 0) is 20.1 Å². The van der Waals surface area contributed by atoms with Gasteiger partial charge in [-0.3, -0.25) is 4.99 Å². The molecule has 0 spiro atoms. The zero-order chi connectivity index (χ0) is 18.4. The third-order valence-electron chi connectivity index (χ3n) is 3.46. The number of rotatable bonds is 5. The molecule has 0 aliphatic carbocycles. The number of ether oxygens (including phenoxy) is 1. The van der Waals surface area contributed by atoms with Gasteiger partial charge in [-0.1, -0.05) is 18.2 Å². The summed E-state index contributed by atoms with van der Waals surface area (Å²) >= 11 is 0. The molecule has 0 aliphatic heterocycles. The molecule has 0 radical (unpaired) electrons. The van der Waals surface area contributed by atoms with Gasteiger partial charge in [0.25, 0.3) is 0 Å². The van der Waals surface area contributed by atoms with E-state index in [9.17, 15) is 13.2 Å². The van der Waals surface area contributed by atoms with Gasteiger partial charge in [-0.15, -0.1) is 23.4 Å². The summed E-state index contributed by atoms with van der Waals surface area (Å²) in [6, 6.07) is 5.93. The number of hydrogen-bond acceptors (Lipinski definition) is 4. The maximum absolute atomic E-state index is 12.4. The molecule has 1 aromatic heterocycles. The molecular weight excluding hydrogens is 337 g/mol. The maximum atomic E-state index is 12.4. The molecule has 0 saturated heterocycles. The Kier molecular flexibility index (Phi) is 5.84. The number of aryl methyl sites for hydroxylation is 1. The second-order valence-electron chi connectivity index (χ2n) is 5.16. The molecule has 7 nitrogen and oxygen atoms in total. The lowest BCUT2D eigenvalue weighted by molar-refractivity contribution is -0.274. The van der Waals surface area contributed by atoms with Crippen molar-refractivity contribution in [1.29, 1.82) is 0 Å². The van der Waals surface area contributed by atoms with Crippen LogP contribution in [0, 0.1) is 6.92 Å². The molecule has 2 N–H and O–H groups in total. The molecule has 0 atom stereocenters. The molecule has 2 aromatic rings. The number of guanidine groups is 1. The van der Waals surface area contributed by atoms with Gasteiger partial charge in [-0.25, -0.2) is 0 Å². The first-order chi connectivity index (χ1) is 11.8. The molecule has 2 rings (SSSR count). The lowest BCUT2D eigenvalue weighted by Crippen LogP contribution is -2.37. The van der Waals surface area contributed by atoms with Crippen LogP contribution in [-0.4, -0.2) is 34.1 Å². The van der Waals surface area contributed by atoms with E-state index in [4.69, 9.17) is 0 Å². The Morgan fingerprint density at radius 1 is 1.20 bits per heavy atom. The van der Waals surface area contributed by atoms with Gasteiger partial charge in [-0.05, 0) is 13.0 Å². The lowest BCUT2D eigenvalue weighted by atomic mass is 10.2. The summed E-state index contributed by atoms with van der Waals surface area (Å²) in [4.78, 5) is 4.03. The van der Waals surface area contributed by atoms with Crippen molar-refractivity contribution < 1.29 is 17.9 Å². The summed E-state index contributed by atoms with van der Waals surface area (Å²) in [7, 11) is 3.41. The highest BCUT2D eigenvalue weighted by Gasteiger charge is 2.31. The molecule has 0 saturated carbocycles. The number of nitrogens with one attached hydrogen (secondary N) is 2. The fraction of sp³-hybridized carbons (Fsp3) is 0.400. The number of para-hydroxylation sites is 1. The molecule has 0 amide bonds. The molecule has 0 bridgehead atoms. The van der Waals surface area contributed by atoms with Crippen LogP contribution in [0.1, 0.15) is 17.2 Å². The molecule has 10 heteroatoms. The van der Waals surface area contributed by atoms with Gasteiger partial charge < -0.3 is 19.9 Å². The van der Waals surface area contributed by atoms with Crippen LogP contribution in [0.15, 0.2) is 29.3 Å². The van der Waals surface area contributed by atoms with Crippen molar-refractivity contribution in [2.45, 2.75) is 26.4 Å². The standard InChI is InChI=1S/C15H19F3N6O/c1-10-22-23-13(24(10)3)9-21-14(19-2)20-8-11-6-4-5-7-12(11)25-15(16,17)18/h4-7H,8-9H2,1-3H3,(H2,19,20,21). The van der Waals surface area contributed by atoms with Gasteiger partial charge in [0.2, 0.25) is 0 Å². The minimum absolute atomic E-state index is 0.115. The van der Waals surface area contributed by atoms with Crippen LogP contribution in [0.4, 0.5) is 13.2 Å². The molecule has 0 aliphatic rings. The Balaban J connectivity index is 1.96. The Hall–Kier alpha value is -2.78. The minimum atomic E-state index is -4.74. The number of benzene rings is 1. The Bertz CT molecular complexity index is 741. The molecular formula is C15H19F3N6O. The predicted molar refractivity (Wildman–Crippen MR) is 85.9 cm³/mol. The van der Waals surface area contributed by atoms with Crippen molar-refractivity contribution in [3.63, 3.8) is 0 Å². The first-order valence-corrected chi connectivity index (χ1v) is 7.43. The fourth-order valence-electron chi connectivity index (χ4n) is 2.04. The van der Waals surface area contributed by atoms with Crippen LogP contribution >= 0.6 is 0 Å². The highest BCUT2D eigenvalue weighted by molar-refractivity contribution is 5.79. The van der Waals surface area contributed by atoms with E-state index >= 15 is 0 Å². The molecule has 0 fully saturated rings. The van der Waals surface area contributed by atoms with E-state index in [-0.39, 0.29) is 12.3 Å². The number of alkyl halides is 3. The van der Waals surface area contributed by atoms with Crippen LogP contribution in [0.3, 0.4) is 0 Å². The van der Waals surface area contributed by atoms with Crippen LogP contribution < -0.4 is 15.4 Å². The molecule has 136 valence electrons. The average molecular weight is 356 g/mol. The smallest absolute Gasteiger partial charge is 0.405 e. The van der Waals surface area contributed by atoms with E-state index in [1.54, 1.807) is 19.2 Å². The van der Waals surface area contributed by atoms with Crippen molar-refractivity contribution >= 4 is 5.96 Å². The predicted octanol–water partition coefficient (Wildman–Crippen LogP) is 1.89. The quantitative estimate of drug-likeness (QED) is 0.632. The Morgan fingerprint density at radius 2 is 1.88 bits per heavy atom. The van der Waals surface area contributed by atoms with Crippen molar-refractivity contribution in [2.24, 2.45) is 12.0 Å². The maximum Gasteiger partial charge on any atom is 0.573 e. The molecule has 0 unspecified atom stereocenters. The van der Waals surface area contributed by atoms with E-state index in [2.05, 4.69) is 30.6 Å². The topological polar surface area (TPSA) is 76.4 Å². The normalized spacial score (nSPS) is 12.2. The van der Waals surface area contributed by atoms with E-state index < -0.39 is 6.36 Å². The summed E-state index contributed by atoms with van der Waals surface area (Å²) in [5, 5.41) is 13.9. The summed E-state index contributed by atoms with van der Waals surface area (Å²) in [5.74, 6) is 1.66. The molecule has 25 heavy (non-hydrogen) atoms. The summed E-state index contributed by atoms with van der Waals surface area (Å²) in [6.45, 7) is 2.32. The van der Waals surface area contributed by atoms with E-state index in [1.165, 1.54) is 12.1 Å². The number of halogens is 3. The fourth-order valence-corrected chi connectivity index (χ4v) is 2.04. The summed E-state index contributed by atoms with van der Waals surface area (Å²) < 4.78 is 43.2. The third kappa shape index (κ3) is 5.37. The largest absolute Gasteiger partial charge is 0.573 e. The van der Waals surface area contributed by atoms with E-state index in [0.29, 0.717) is 23.9 Å². The molecule has 1 aromatic carbocycles. The number of nitrogens with zero attached hydrogens (tertiary/aromatic N) is 4.